The number of benzene rings is 1. The van der Waals surface area contributed by atoms with Crippen molar-refractivity contribution in [1.29, 1.82) is 0 Å². The molecule has 0 aliphatic heterocycles. The SMILES string of the molecule is CCCNC(Cc1cc(Br)ccc1OC)c1ccnnc1. The van der Waals surface area contributed by atoms with Gasteiger partial charge in [-0.15, -0.1) is 0 Å². The molecule has 5 heteroatoms. The molecule has 0 saturated heterocycles. The number of rotatable bonds is 7. The van der Waals surface area contributed by atoms with E-state index in [4.69, 9.17) is 4.74 Å². The van der Waals surface area contributed by atoms with Crippen LogP contribution >= 0.6 is 15.9 Å². The predicted octanol–water partition coefficient (Wildman–Crippen LogP) is 3.53. The molecule has 0 amide bonds. The average molecular weight is 350 g/mol. The van der Waals surface area contributed by atoms with Gasteiger partial charge in [-0.2, -0.15) is 10.2 Å². The van der Waals surface area contributed by atoms with Gasteiger partial charge in [0, 0.05) is 16.7 Å². The van der Waals surface area contributed by atoms with E-state index in [-0.39, 0.29) is 6.04 Å². The normalized spacial score (nSPS) is 12.1. The number of ether oxygens (including phenoxy) is 1. The smallest absolute Gasteiger partial charge is 0.122 e. The van der Waals surface area contributed by atoms with Crippen molar-refractivity contribution in [2.24, 2.45) is 0 Å². The van der Waals surface area contributed by atoms with Gasteiger partial charge < -0.3 is 10.1 Å². The Hall–Kier alpha value is -1.46. The third-order valence-corrected chi connectivity index (χ3v) is 3.81. The monoisotopic (exact) mass is 349 g/mol. The van der Waals surface area contributed by atoms with Gasteiger partial charge in [-0.3, -0.25) is 0 Å². The van der Waals surface area contributed by atoms with Crippen molar-refractivity contribution in [3.8, 4) is 5.75 Å². The van der Waals surface area contributed by atoms with E-state index in [9.17, 15) is 0 Å². The van der Waals surface area contributed by atoms with Gasteiger partial charge >= 0.3 is 0 Å². The van der Waals surface area contributed by atoms with Crippen LogP contribution in [0, 0.1) is 0 Å². The Morgan fingerprint density at radius 3 is 2.81 bits per heavy atom. The second-order valence-corrected chi connectivity index (χ2v) is 5.76. The Bertz CT molecular complexity index is 563. The lowest BCUT2D eigenvalue weighted by Crippen LogP contribution is -2.24. The molecule has 1 N–H and O–H groups in total. The van der Waals surface area contributed by atoms with Crippen LogP contribution in [0.15, 0.2) is 41.1 Å². The van der Waals surface area contributed by atoms with Crippen LogP contribution in [-0.2, 0) is 6.42 Å². The molecule has 1 atom stereocenters. The van der Waals surface area contributed by atoms with Crippen molar-refractivity contribution in [3.05, 3.63) is 52.3 Å². The Balaban J connectivity index is 2.24. The second-order valence-electron chi connectivity index (χ2n) is 4.84. The summed E-state index contributed by atoms with van der Waals surface area (Å²) in [6.45, 7) is 3.12. The Kier molecular flexibility index (Phi) is 6.14. The summed E-state index contributed by atoms with van der Waals surface area (Å²) in [6, 6.07) is 8.29. The molecular formula is C16H20BrN3O. The highest BCUT2D eigenvalue weighted by molar-refractivity contribution is 9.10. The highest BCUT2D eigenvalue weighted by Crippen LogP contribution is 2.27. The largest absolute Gasteiger partial charge is 0.496 e. The molecule has 0 spiro atoms. The quantitative estimate of drug-likeness (QED) is 0.830. The summed E-state index contributed by atoms with van der Waals surface area (Å²) in [7, 11) is 1.70. The van der Waals surface area contributed by atoms with Crippen molar-refractivity contribution < 1.29 is 4.74 Å². The maximum absolute atomic E-state index is 5.46. The average Bonchev–Trinajstić information content (AvgIpc) is 2.52. The molecule has 2 aromatic rings. The molecule has 0 fully saturated rings. The molecule has 0 aliphatic carbocycles. The first-order valence-corrected chi connectivity index (χ1v) is 7.86. The van der Waals surface area contributed by atoms with Crippen LogP contribution in [0.1, 0.15) is 30.5 Å². The highest BCUT2D eigenvalue weighted by atomic mass is 79.9. The first kappa shape index (κ1) is 15.9. The summed E-state index contributed by atoms with van der Waals surface area (Å²) >= 11 is 3.53. The summed E-state index contributed by atoms with van der Waals surface area (Å²) in [6.07, 6.45) is 5.48. The van der Waals surface area contributed by atoms with Gasteiger partial charge in [0.05, 0.1) is 13.3 Å². The number of methoxy groups -OCH3 is 1. The molecule has 0 radical (unpaired) electrons. The topological polar surface area (TPSA) is 47.0 Å². The zero-order chi connectivity index (χ0) is 15.1. The molecule has 4 nitrogen and oxygen atoms in total. The molecule has 21 heavy (non-hydrogen) atoms. The standard InChI is InChI=1S/C16H20BrN3O/c1-3-7-18-15(12-6-8-19-20-11-12)10-13-9-14(17)4-5-16(13)21-2/h4-6,8-9,11,15,18H,3,7,10H2,1-2H3. The van der Waals surface area contributed by atoms with Crippen LogP contribution in [0.5, 0.6) is 5.75 Å². The highest BCUT2D eigenvalue weighted by Gasteiger charge is 2.15. The van der Waals surface area contributed by atoms with Crippen molar-refractivity contribution in [3.63, 3.8) is 0 Å². The number of aromatic nitrogens is 2. The lowest BCUT2D eigenvalue weighted by molar-refractivity contribution is 0.405. The minimum Gasteiger partial charge on any atom is -0.496 e. The number of nitrogens with one attached hydrogen (secondary N) is 1. The first-order valence-electron chi connectivity index (χ1n) is 7.07. The van der Waals surface area contributed by atoms with Gasteiger partial charge in [-0.25, -0.2) is 0 Å². The number of nitrogens with zero attached hydrogens (tertiary/aromatic N) is 2. The summed E-state index contributed by atoms with van der Waals surface area (Å²) in [4.78, 5) is 0. The Morgan fingerprint density at radius 1 is 1.29 bits per heavy atom. The third kappa shape index (κ3) is 4.51. The second kappa shape index (κ2) is 8.10. The maximum atomic E-state index is 5.46. The van der Waals surface area contributed by atoms with E-state index >= 15 is 0 Å². The van der Waals surface area contributed by atoms with E-state index in [1.165, 1.54) is 0 Å². The molecule has 2 rings (SSSR count). The molecule has 0 bridgehead atoms. The predicted molar refractivity (Wildman–Crippen MR) is 87.5 cm³/mol. The first-order chi connectivity index (χ1) is 10.2. The lowest BCUT2D eigenvalue weighted by Gasteiger charge is -2.20. The van der Waals surface area contributed by atoms with Gasteiger partial charge in [-0.1, -0.05) is 22.9 Å². The van der Waals surface area contributed by atoms with Crippen LogP contribution in [0.2, 0.25) is 0 Å². The molecule has 1 heterocycles. The minimum atomic E-state index is 0.198. The Morgan fingerprint density at radius 2 is 2.14 bits per heavy atom. The molecule has 1 unspecified atom stereocenters. The fraction of sp³-hybridized carbons (Fsp3) is 0.375. The van der Waals surface area contributed by atoms with Crippen LogP contribution in [0.4, 0.5) is 0 Å². The summed E-state index contributed by atoms with van der Waals surface area (Å²) in [5, 5.41) is 11.4. The number of halogens is 1. The van der Waals surface area contributed by atoms with E-state index in [0.29, 0.717) is 0 Å². The van der Waals surface area contributed by atoms with Crippen LogP contribution < -0.4 is 10.1 Å². The van der Waals surface area contributed by atoms with Crippen LogP contribution in [-0.4, -0.2) is 23.9 Å². The molecule has 112 valence electrons. The summed E-state index contributed by atoms with van der Waals surface area (Å²) in [5.74, 6) is 0.906. The summed E-state index contributed by atoms with van der Waals surface area (Å²) in [5.41, 5.74) is 2.30. The van der Waals surface area contributed by atoms with Crippen molar-refractivity contribution in [1.82, 2.24) is 15.5 Å². The number of hydrogen-bond acceptors (Lipinski definition) is 4. The molecule has 1 aromatic heterocycles. The van der Waals surface area contributed by atoms with Gasteiger partial charge in [0.25, 0.3) is 0 Å². The van der Waals surface area contributed by atoms with E-state index in [2.05, 4.69) is 44.4 Å². The number of hydrogen-bond donors (Lipinski definition) is 1. The van der Waals surface area contributed by atoms with E-state index in [1.807, 2.05) is 24.4 Å². The van der Waals surface area contributed by atoms with Gasteiger partial charge in [0.2, 0.25) is 0 Å². The van der Waals surface area contributed by atoms with Gasteiger partial charge in [-0.05, 0) is 54.8 Å². The molecule has 1 aromatic carbocycles. The fourth-order valence-electron chi connectivity index (χ4n) is 2.26. The van der Waals surface area contributed by atoms with E-state index in [0.717, 1.165) is 40.7 Å². The zero-order valence-electron chi connectivity index (χ0n) is 12.3. The Labute approximate surface area is 134 Å². The van der Waals surface area contributed by atoms with Crippen molar-refractivity contribution >= 4 is 15.9 Å². The molecule has 0 aliphatic rings. The molecule has 0 saturated carbocycles. The van der Waals surface area contributed by atoms with Crippen LogP contribution in [0.25, 0.3) is 0 Å². The molecular weight excluding hydrogens is 330 g/mol. The van der Waals surface area contributed by atoms with Gasteiger partial charge in [0.15, 0.2) is 0 Å². The van der Waals surface area contributed by atoms with Crippen molar-refractivity contribution in [2.75, 3.05) is 13.7 Å². The van der Waals surface area contributed by atoms with Gasteiger partial charge in [0.1, 0.15) is 5.75 Å². The van der Waals surface area contributed by atoms with Crippen LogP contribution in [0.3, 0.4) is 0 Å². The minimum absolute atomic E-state index is 0.198. The summed E-state index contributed by atoms with van der Waals surface area (Å²) < 4.78 is 6.52. The third-order valence-electron chi connectivity index (χ3n) is 3.32. The van der Waals surface area contributed by atoms with Crippen molar-refractivity contribution in [2.45, 2.75) is 25.8 Å². The lowest BCUT2D eigenvalue weighted by atomic mass is 9.99. The van der Waals surface area contributed by atoms with E-state index in [1.54, 1.807) is 13.3 Å². The van der Waals surface area contributed by atoms with E-state index < -0.39 is 0 Å². The zero-order valence-corrected chi connectivity index (χ0v) is 13.9. The maximum Gasteiger partial charge on any atom is 0.122 e. The fourth-order valence-corrected chi connectivity index (χ4v) is 2.67.